The second-order valence-electron chi connectivity index (χ2n) is 5.41. The Morgan fingerprint density at radius 2 is 2.13 bits per heavy atom. The number of fused-ring (bicyclic) bond motifs is 1. The molecule has 0 bridgehead atoms. The van der Waals surface area contributed by atoms with Crippen molar-refractivity contribution >= 4 is 17.8 Å². The molecule has 120 valence electrons. The normalized spacial score (nSPS) is 16.3. The van der Waals surface area contributed by atoms with E-state index in [0.717, 1.165) is 23.5 Å². The van der Waals surface area contributed by atoms with Crippen molar-refractivity contribution in [2.45, 2.75) is 23.9 Å². The van der Waals surface area contributed by atoms with Crippen LogP contribution in [0.4, 0.5) is 4.79 Å². The Kier molecular flexibility index (Phi) is 5.08. The minimum Gasteiger partial charge on any atom is -0.497 e. The Bertz CT molecular complexity index is 690. The van der Waals surface area contributed by atoms with Crippen LogP contribution in [0.15, 0.2) is 53.4 Å². The van der Waals surface area contributed by atoms with Crippen LogP contribution in [0.5, 0.6) is 5.75 Å². The number of amides is 2. The lowest BCUT2D eigenvalue weighted by molar-refractivity contribution is 0.236. The Labute approximate surface area is 140 Å². The molecule has 1 atom stereocenters. The van der Waals surface area contributed by atoms with E-state index in [2.05, 4.69) is 22.8 Å². The Morgan fingerprint density at radius 3 is 3.00 bits per heavy atom. The van der Waals surface area contributed by atoms with E-state index >= 15 is 0 Å². The molecule has 23 heavy (non-hydrogen) atoms. The molecule has 1 aliphatic heterocycles. The smallest absolute Gasteiger partial charge is 0.315 e. The summed E-state index contributed by atoms with van der Waals surface area (Å²) in [6.07, 6.45) is 0.953. The van der Waals surface area contributed by atoms with Crippen LogP contribution in [0.25, 0.3) is 0 Å². The van der Waals surface area contributed by atoms with E-state index < -0.39 is 0 Å². The van der Waals surface area contributed by atoms with E-state index in [1.165, 1.54) is 10.5 Å². The first kappa shape index (κ1) is 15.7. The molecule has 2 aromatic rings. The minimum atomic E-state index is -0.139. The van der Waals surface area contributed by atoms with Crippen LogP contribution < -0.4 is 15.4 Å². The molecule has 2 amide bonds. The zero-order chi connectivity index (χ0) is 16.1. The van der Waals surface area contributed by atoms with Crippen LogP contribution in [0.2, 0.25) is 0 Å². The van der Waals surface area contributed by atoms with Crippen molar-refractivity contribution in [3.05, 3.63) is 59.7 Å². The number of ether oxygens (including phenoxy) is 1. The lowest BCUT2D eigenvalue weighted by Gasteiger charge is -2.26. The average molecular weight is 328 g/mol. The second kappa shape index (κ2) is 7.42. The maximum Gasteiger partial charge on any atom is 0.315 e. The lowest BCUT2D eigenvalue weighted by atomic mass is 10.0. The van der Waals surface area contributed by atoms with Gasteiger partial charge in [-0.15, -0.1) is 11.8 Å². The van der Waals surface area contributed by atoms with Crippen molar-refractivity contribution < 1.29 is 9.53 Å². The van der Waals surface area contributed by atoms with Crippen LogP contribution in [-0.4, -0.2) is 18.9 Å². The van der Waals surface area contributed by atoms with Gasteiger partial charge in [-0.2, -0.15) is 0 Å². The predicted molar refractivity (Wildman–Crippen MR) is 92.9 cm³/mol. The molecule has 2 aromatic carbocycles. The van der Waals surface area contributed by atoms with Gasteiger partial charge in [0.15, 0.2) is 0 Å². The van der Waals surface area contributed by atoms with Crippen LogP contribution in [-0.2, 0) is 6.54 Å². The van der Waals surface area contributed by atoms with Gasteiger partial charge in [-0.3, -0.25) is 0 Å². The monoisotopic (exact) mass is 328 g/mol. The quantitative estimate of drug-likeness (QED) is 0.899. The minimum absolute atomic E-state index is 0.0813. The molecule has 1 aliphatic rings. The predicted octanol–water partition coefficient (Wildman–Crippen LogP) is 3.73. The van der Waals surface area contributed by atoms with Crippen molar-refractivity contribution in [3.63, 3.8) is 0 Å². The zero-order valence-electron chi connectivity index (χ0n) is 13.0. The van der Waals surface area contributed by atoms with E-state index in [1.54, 1.807) is 7.11 Å². The summed E-state index contributed by atoms with van der Waals surface area (Å²) in [5, 5.41) is 6.00. The fraction of sp³-hybridized carbons (Fsp3) is 0.278. The number of nitrogens with one attached hydrogen (secondary N) is 2. The maximum absolute atomic E-state index is 12.2. The highest BCUT2D eigenvalue weighted by Gasteiger charge is 2.21. The van der Waals surface area contributed by atoms with Gasteiger partial charge in [0.1, 0.15) is 5.75 Å². The second-order valence-corrected chi connectivity index (χ2v) is 6.54. The number of thioether (sulfide) groups is 1. The fourth-order valence-electron chi connectivity index (χ4n) is 2.67. The molecule has 0 saturated heterocycles. The summed E-state index contributed by atoms with van der Waals surface area (Å²) in [6.45, 7) is 0.478. The van der Waals surface area contributed by atoms with E-state index in [9.17, 15) is 4.79 Å². The Morgan fingerprint density at radius 1 is 1.26 bits per heavy atom. The molecule has 0 spiro atoms. The molecule has 0 fully saturated rings. The fourth-order valence-corrected chi connectivity index (χ4v) is 3.79. The van der Waals surface area contributed by atoms with Crippen LogP contribution >= 0.6 is 11.8 Å². The largest absolute Gasteiger partial charge is 0.497 e. The molecule has 3 rings (SSSR count). The SMILES string of the molecule is COc1cccc(CNC(=O)NC2CCSc3ccccc32)c1. The number of rotatable bonds is 4. The standard InChI is InChI=1S/C18H20N2O2S/c1-22-14-6-4-5-13(11-14)12-19-18(21)20-16-9-10-23-17-8-3-2-7-15(16)17/h2-8,11,16H,9-10,12H2,1H3,(H2,19,20,21). The lowest BCUT2D eigenvalue weighted by Crippen LogP contribution is -2.38. The number of carbonyl (C=O) groups is 1. The molecule has 0 aliphatic carbocycles. The van der Waals surface area contributed by atoms with Crippen LogP contribution in [0.3, 0.4) is 0 Å². The molecular formula is C18H20N2O2S. The van der Waals surface area contributed by atoms with E-state index in [0.29, 0.717) is 6.54 Å². The first-order valence-electron chi connectivity index (χ1n) is 7.65. The summed E-state index contributed by atoms with van der Waals surface area (Å²) in [6, 6.07) is 15.9. The van der Waals surface area contributed by atoms with Gasteiger partial charge in [-0.1, -0.05) is 30.3 Å². The number of carbonyl (C=O) groups excluding carboxylic acids is 1. The molecule has 5 heteroatoms. The zero-order valence-corrected chi connectivity index (χ0v) is 13.9. The molecule has 4 nitrogen and oxygen atoms in total. The van der Waals surface area contributed by atoms with Gasteiger partial charge in [0.05, 0.1) is 13.2 Å². The van der Waals surface area contributed by atoms with Gasteiger partial charge in [-0.05, 0) is 35.7 Å². The molecular weight excluding hydrogens is 308 g/mol. The van der Waals surface area contributed by atoms with Crippen LogP contribution in [0, 0.1) is 0 Å². The van der Waals surface area contributed by atoms with Crippen molar-refractivity contribution in [1.29, 1.82) is 0 Å². The van der Waals surface area contributed by atoms with Gasteiger partial charge >= 0.3 is 6.03 Å². The Balaban J connectivity index is 1.58. The van der Waals surface area contributed by atoms with Gasteiger partial charge < -0.3 is 15.4 Å². The molecule has 0 aromatic heterocycles. The van der Waals surface area contributed by atoms with Gasteiger partial charge in [0.2, 0.25) is 0 Å². The third kappa shape index (κ3) is 3.99. The number of hydrogen-bond acceptors (Lipinski definition) is 3. The molecule has 2 N–H and O–H groups in total. The number of urea groups is 1. The molecule has 1 unspecified atom stereocenters. The summed E-state index contributed by atoms with van der Waals surface area (Å²) in [7, 11) is 1.64. The van der Waals surface area contributed by atoms with E-state index in [4.69, 9.17) is 4.74 Å². The summed E-state index contributed by atoms with van der Waals surface area (Å²) in [5.41, 5.74) is 2.22. The van der Waals surface area contributed by atoms with E-state index in [-0.39, 0.29) is 12.1 Å². The van der Waals surface area contributed by atoms with E-state index in [1.807, 2.05) is 48.2 Å². The van der Waals surface area contributed by atoms with Crippen molar-refractivity contribution in [1.82, 2.24) is 10.6 Å². The van der Waals surface area contributed by atoms with Crippen molar-refractivity contribution in [2.24, 2.45) is 0 Å². The van der Waals surface area contributed by atoms with Gasteiger partial charge in [0, 0.05) is 17.2 Å². The van der Waals surface area contributed by atoms with Crippen LogP contribution in [0.1, 0.15) is 23.6 Å². The highest BCUT2D eigenvalue weighted by atomic mass is 32.2. The number of methoxy groups -OCH3 is 1. The summed E-state index contributed by atoms with van der Waals surface area (Å²) in [5.74, 6) is 1.82. The number of hydrogen-bond donors (Lipinski definition) is 2. The molecule has 0 saturated carbocycles. The summed E-state index contributed by atoms with van der Waals surface area (Å²) in [4.78, 5) is 13.4. The average Bonchev–Trinajstić information content (AvgIpc) is 2.60. The molecule has 1 heterocycles. The number of benzene rings is 2. The van der Waals surface area contributed by atoms with Gasteiger partial charge in [-0.25, -0.2) is 4.79 Å². The van der Waals surface area contributed by atoms with Gasteiger partial charge in [0.25, 0.3) is 0 Å². The molecule has 0 radical (unpaired) electrons. The maximum atomic E-state index is 12.2. The summed E-state index contributed by atoms with van der Waals surface area (Å²) >= 11 is 1.85. The Hall–Kier alpha value is -2.14. The first-order chi connectivity index (χ1) is 11.3. The topological polar surface area (TPSA) is 50.4 Å². The third-order valence-electron chi connectivity index (χ3n) is 3.85. The highest BCUT2D eigenvalue weighted by Crippen LogP contribution is 2.35. The first-order valence-corrected chi connectivity index (χ1v) is 8.64. The van der Waals surface area contributed by atoms with Crippen molar-refractivity contribution in [2.75, 3.05) is 12.9 Å². The van der Waals surface area contributed by atoms with Crippen molar-refractivity contribution in [3.8, 4) is 5.75 Å². The third-order valence-corrected chi connectivity index (χ3v) is 4.97. The highest BCUT2D eigenvalue weighted by molar-refractivity contribution is 7.99. The summed E-state index contributed by atoms with van der Waals surface area (Å²) < 4.78 is 5.19.